The second-order valence-corrected chi connectivity index (χ2v) is 5.50. The summed E-state index contributed by atoms with van der Waals surface area (Å²) in [5, 5.41) is 19.7. The van der Waals surface area contributed by atoms with Gasteiger partial charge in [0.15, 0.2) is 18.1 Å². The van der Waals surface area contributed by atoms with E-state index < -0.39 is 12.6 Å². The molecule has 0 aliphatic carbocycles. The van der Waals surface area contributed by atoms with Crippen LogP contribution in [0.3, 0.4) is 0 Å². The van der Waals surface area contributed by atoms with Gasteiger partial charge in [0, 0.05) is 10.9 Å². The minimum atomic E-state index is -1.09. The number of benzene rings is 2. The van der Waals surface area contributed by atoms with Crippen LogP contribution in [0.2, 0.25) is 0 Å². The van der Waals surface area contributed by atoms with Gasteiger partial charge >= 0.3 is 5.97 Å². The quantitative estimate of drug-likeness (QED) is 0.716. The van der Waals surface area contributed by atoms with E-state index in [1.807, 2.05) is 36.4 Å². The van der Waals surface area contributed by atoms with Crippen LogP contribution in [0.1, 0.15) is 11.3 Å². The lowest BCUT2D eigenvalue weighted by atomic mass is 10.2. The second-order valence-electron chi connectivity index (χ2n) is 5.50. The van der Waals surface area contributed by atoms with Crippen molar-refractivity contribution in [3.05, 3.63) is 59.8 Å². The first kappa shape index (κ1) is 16.6. The van der Waals surface area contributed by atoms with Gasteiger partial charge in [-0.2, -0.15) is 0 Å². The summed E-state index contributed by atoms with van der Waals surface area (Å²) in [4.78, 5) is 15.2. The number of nitrogens with zero attached hydrogens (tertiary/aromatic N) is 1. The van der Waals surface area contributed by atoms with Crippen LogP contribution in [-0.4, -0.2) is 27.8 Å². The third-order valence-corrected chi connectivity index (χ3v) is 3.71. The molecule has 6 heteroatoms. The van der Waals surface area contributed by atoms with Crippen LogP contribution in [0, 0.1) is 6.92 Å². The summed E-state index contributed by atoms with van der Waals surface area (Å²) in [6.07, 6.45) is 0. The summed E-state index contributed by atoms with van der Waals surface area (Å²) in [6, 6.07) is 14.5. The van der Waals surface area contributed by atoms with E-state index in [0.29, 0.717) is 17.0 Å². The Kier molecular flexibility index (Phi) is 4.70. The fraction of sp³-hybridized carbons (Fsp3) is 0.158. The Morgan fingerprint density at radius 2 is 1.88 bits per heavy atom. The van der Waals surface area contributed by atoms with Crippen molar-refractivity contribution in [2.24, 2.45) is 0 Å². The van der Waals surface area contributed by atoms with Crippen molar-refractivity contribution in [1.82, 2.24) is 4.98 Å². The first-order valence-corrected chi connectivity index (χ1v) is 7.69. The summed E-state index contributed by atoms with van der Waals surface area (Å²) in [7, 11) is 0. The Morgan fingerprint density at radius 1 is 1.08 bits per heavy atom. The van der Waals surface area contributed by atoms with Gasteiger partial charge < -0.3 is 19.7 Å². The molecule has 3 aromatic rings. The van der Waals surface area contributed by atoms with E-state index in [1.165, 1.54) is 12.1 Å². The van der Waals surface area contributed by atoms with Gasteiger partial charge in [-0.3, -0.25) is 0 Å². The number of aromatic nitrogens is 1. The summed E-state index contributed by atoms with van der Waals surface area (Å²) in [6.45, 7) is 1.35. The van der Waals surface area contributed by atoms with Gasteiger partial charge in [-0.15, -0.1) is 0 Å². The van der Waals surface area contributed by atoms with Crippen molar-refractivity contribution in [3.63, 3.8) is 0 Å². The lowest BCUT2D eigenvalue weighted by molar-refractivity contribution is -0.139. The lowest BCUT2D eigenvalue weighted by Gasteiger charge is -2.15. The average molecular weight is 339 g/mol. The number of carbonyl (C=O) groups is 1. The monoisotopic (exact) mass is 339 g/mol. The maximum Gasteiger partial charge on any atom is 0.341 e. The predicted octanol–water partition coefficient (Wildman–Crippen LogP) is 3.29. The zero-order valence-electron chi connectivity index (χ0n) is 13.6. The molecule has 0 radical (unpaired) electrons. The number of fused-ring (bicyclic) bond motifs is 1. The maximum absolute atomic E-state index is 10.7. The highest BCUT2D eigenvalue weighted by atomic mass is 16.5. The molecule has 25 heavy (non-hydrogen) atoms. The van der Waals surface area contributed by atoms with E-state index in [9.17, 15) is 9.90 Å². The summed E-state index contributed by atoms with van der Waals surface area (Å²) >= 11 is 0. The number of para-hydroxylation sites is 1. The minimum absolute atomic E-state index is 0.0455. The summed E-state index contributed by atoms with van der Waals surface area (Å²) in [5.41, 5.74) is 2.05. The third-order valence-electron chi connectivity index (χ3n) is 3.71. The maximum atomic E-state index is 10.7. The van der Waals surface area contributed by atoms with Gasteiger partial charge in [0.25, 0.3) is 0 Å². The lowest BCUT2D eigenvalue weighted by Crippen LogP contribution is -2.11. The highest BCUT2D eigenvalue weighted by molar-refractivity contribution is 5.78. The van der Waals surface area contributed by atoms with Gasteiger partial charge in [-0.25, -0.2) is 9.78 Å². The first-order chi connectivity index (χ1) is 12.0. The Hall–Kier alpha value is -3.28. The zero-order valence-corrected chi connectivity index (χ0v) is 13.6. The first-order valence-electron chi connectivity index (χ1n) is 7.69. The molecule has 0 bridgehead atoms. The molecule has 3 rings (SSSR count). The SMILES string of the molecule is Cc1c(O)ccc(OCC(=O)O)c1OCc1ccc2ccccc2n1. The largest absolute Gasteiger partial charge is 0.508 e. The molecule has 0 aliphatic rings. The summed E-state index contributed by atoms with van der Waals surface area (Å²) < 4.78 is 11.0. The molecular formula is C19H17NO5. The van der Waals surface area contributed by atoms with Gasteiger partial charge in [0.2, 0.25) is 0 Å². The van der Waals surface area contributed by atoms with Crippen LogP contribution >= 0.6 is 0 Å². The molecule has 2 aromatic carbocycles. The van der Waals surface area contributed by atoms with E-state index in [4.69, 9.17) is 14.6 Å². The molecule has 0 atom stereocenters. The standard InChI is InChI=1S/C19H17NO5/c1-12-16(21)8-9-17(24-11-18(22)23)19(12)25-10-14-7-6-13-4-2-3-5-15(13)20-14/h2-9,21H,10-11H2,1H3,(H,22,23). The molecule has 0 spiro atoms. The molecule has 0 saturated carbocycles. The van der Waals surface area contributed by atoms with E-state index in [0.717, 1.165) is 10.9 Å². The van der Waals surface area contributed by atoms with E-state index in [-0.39, 0.29) is 18.1 Å². The van der Waals surface area contributed by atoms with Crippen molar-refractivity contribution in [1.29, 1.82) is 0 Å². The molecule has 1 heterocycles. The Bertz CT molecular complexity index is 923. The number of aromatic hydroxyl groups is 1. The highest BCUT2D eigenvalue weighted by Crippen LogP contribution is 2.36. The van der Waals surface area contributed by atoms with Crippen LogP contribution < -0.4 is 9.47 Å². The van der Waals surface area contributed by atoms with Gasteiger partial charge in [-0.05, 0) is 31.2 Å². The number of ether oxygens (including phenoxy) is 2. The number of carboxylic acid groups (broad SMARTS) is 1. The van der Waals surface area contributed by atoms with Gasteiger partial charge in [0.1, 0.15) is 12.4 Å². The van der Waals surface area contributed by atoms with E-state index in [1.54, 1.807) is 6.92 Å². The minimum Gasteiger partial charge on any atom is -0.508 e. The Morgan fingerprint density at radius 3 is 2.68 bits per heavy atom. The molecular weight excluding hydrogens is 322 g/mol. The normalized spacial score (nSPS) is 10.6. The molecule has 0 saturated heterocycles. The summed E-state index contributed by atoms with van der Waals surface area (Å²) in [5.74, 6) is -0.480. The number of pyridine rings is 1. The number of hydrogen-bond acceptors (Lipinski definition) is 5. The number of phenols is 1. The van der Waals surface area contributed by atoms with Crippen LogP contribution in [0.5, 0.6) is 17.2 Å². The zero-order chi connectivity index (χ0) is 17.8. The topological polar surface area (TPSA) is 88.9 Å². The van der Waals surface area contributed by atoms with Gasteiger partial charge in [0.05, 0.1) is 11.2 Å². The van der Waals surface area contributed by atoms with E-state index in [2.05, 4.69) is 4.98 Å². The molecule has 2 N–H and O–H groups in total. The highest BCUT2D eigenvalue weighted by Gasteiger charge is 2.14. The molecule has 0 aliphatic heterocycles. The van der Waals surface area contributed by atoms with Crippen LogP contribution in [0.15, 0.2) is 48.5 Å². The average Bonchev–Trinajstić information content (AvgIpc) is 2.61. The van der Waals surface area contributed by atoms with E-state index >= 15 is 0 Å². The van der Waals surface area contributed by atoms with Crippen molar-refractivity contribution in [2.45, 2.75) is 13.5 Å². The van der Waals surface area contributed by atoms with Gasteiger partial charge in [-0.1, -0.05) is 24.3 Å². The van der Waals surface area contributed by atoms with Crippen molar-refractivity contribution < 1.29 is 24.5 Å². The van der Waals surface area contributed by atoms with Crippen LogP contribution in [0.25, 0.3) is 10.9 Å². The number of aliphatic carboxylic acids is 1. The molecule has 6 nitrogen and oxygen atoms in total. The Labute approximate surface area is 144 Å². The molecule has 0 amide bonds. The second kappa shape index (κ2) is 7.09. The van der Waals surface area contributed by atoms with Crippen molar-refractivity contribution >= 4 is 16.9 Å². The number of hydrogen-bond donors (Lipinski definition) is 2. The Balaban J connectivity index is 1.83. The fourth-order valence-electron chi connectivity index (χ4n) is 2.42. The molecule has 0 fully saturated rings. The number of rotatable bonds is 6. The van der Waals surface area contributed by atoms with Crippen LogP contribution in [-0.2, 0) is 11.4 Å². The molecule has 0 unspecified atom stereocenters. The molecule has 1 aromatic heterocycles. The number of phenolic OH excluding ortho intramolecular Hbond substituents is 1. The predicted molar refractivity (Wildman–Crippen MR) is 92.0 cm³/mol. The third kappa shape index (κ3) is 3.80. The van der Waals surface area contributed by atoms with Crippen LogP contribution in [0.4, 0.5) is 0 Å². The smallest absolute Gasteiger partial charge is 0.341 e. The van der Waals surface area contributed by atoms with Crippen molar-refractivity contribution in [3.8, 4) is 17.2 Å². The molecule has 128 valence electrons. The number of carboxylic acids is 1. The fourth-order valence-corrected chi connectivity index (χ4v) is 2.42. The van der Waals surface area contributed by atoms with Crippen molar-refractivity contribution in [2.75, 3.05) is 6.61 Å².